The maximum atomic E-state index is 12.6. The van der Waals surface area contributed by atoms with Gasteiger partial charge in [0, 0.05) is 32.7 Å². The van der Waals surface area contributed by atoms with Gasteiger partial charge in [-0.1, -0.05) is 30.3 Å². The van der Waals surface area contributed by atoms with Gasteiger partial charge in [-0.15, -0.1) is 10.2 Å². The van der Waals surface area contributed by atoms with Gasteiger partial charge in [-0.25, -0.2) is 0 Å². The summed E-state index contributed by atoms with van der Waals surface area (Å²) in [6.45, 7) is 4.19. The van der Waals surface area contributed by atoms with Crippen LogP contribution in [0.3, 0.4) is 0 Å². The fourth-order valence-corrected chi connectivity index (χ4v) is 3.43. The van der Waals surface area contributed by atoms with E-state index in [0.29, 0.717) is 18.9 Å². The Morgan fingerprint density at radius 2 is 1.71 bits per heavy atom. The number of hydrogen-bond donors (Lipinski definition) is 0. The summed E-state index contributed by atoms with van der Waals surface area (Å²) in [5.74, 6) is 2.04. The van der Waals surface area contributed by atoms with E-state index < -0.39 is 0 Å². The lowest BCUT2D eigenvalue weighted by molar-refractivity contribution is -0.134. The van der Waals surface area contributed by atoms with E-state index in [-0.39, 0.29) is 19.1 Å². The fourth-order valence-electron chi connectivity index (χ4n) is 3.43. The van der Waals surface area contributed by atoms with Crippen molar-refractivity contribution in [3.63, 3.8) is 0 Å². The number of nitrogens with zero attached hydrogens (tertiary/aromatic N) is 6. The second-order valence-electron chi connectivity index (χ2n) is 7.34. The van der Waals surface area contributed by atoms with E-state index in [0.717, 1.165) is 31.1 Å². The highest BCUT2D eigenvalue weighted by atomic mass is 16.5. The van der Waals surface area contributed by atoms with Crippen molar-refractivity contribution in [3.05, 3.63) is 66.0 Å². The van der Waals surface area contributed by atoms with Crippen LogP contribution < -0.4 is 9.47 Å². The number of hydrogen-bond acceptors (Lipinski definition) is 7. The molecule has 0 spiro atoms. The second kappa shape index (κ2) is 10.0. The van der Waals surface area contributed by atoms with Crippen molar-refractivity contribution >= 4 is 5.91 Å². The van der Waals surface area contributed by atoms with Gasteiger partial charge in [-0.3, -0.25) is 9.69 Å². The SMILES string of the molecule is COc1ccc(CN2CCN(C(=O)Cn3nnc(COc4ccccc4)n3)CC2)cc1. The normalized spacial score (nSPS) is 14.4. The number of aromatic nitrogens is 4. The molecule has 9 heteroatoms. The Balaban J connectivity index is 1.21. The van der Waals surface area contributed by atoms with Crippen LogP contribution in [0.4, 0.5) is 0 Å². The number of carbonyl (C=O) groups excluding carboxylic acids is 1. The molecule has 1 aromatic heterocycles. The fraction of sp³-hybridized carbons (Fsp3) is 0.364. The zero-order valence-corrected chi connectivity index (χ0v) is 17.6. The third-order valence-corrected chi connectivity index (χ3v) is 5.17. The van der Waals surface area contributed by atoms with E-state index in [2.05, 4.69) is 32.4 Å². The predicted molar refractivity (Wildman–Crippen MR) is 113 cm³/mol. The Hall–Kier alpha value is -3.46. The van der Waals surface area contributed by atoms with Crippen LogP contribution in [0.5, 0.6) is 11.5 Å². The maximum Gasteiger partial charge on any atom is 0.246 e. The van der Waals surface area contributed by atoms with E-state index in [4.69, 9.17) is 9.47 Å². The quantitative estimate of drug-likeness (QED) is 0.545. The first kappa shape index (κ1) is 20.8. The van der Waals surface area contributed by atoms with Crippen molar-refractivity contribution in [3.8, 4) is 11.5 Å². The number of tetrazole rings is 1. The average Bonchev–Trinajstić information content (AvgIpc) is 3.26. The van der Waals surface area contributed by atoms with Crippen molar-refractivity contribution in [1.29, 1.82) is 0 Å². The molecule has 1 fully saturated rings. The molecule has 4 rings (SSSR count). The molecule has 1 amide bonds. The van der Waals surface area contributed by atoms with Gasteiger partial charge in [0.05, 0.1) is 7.11 Å². The highest BCUT2D eigenvalue weighted by Gasteiger charge is 2.22. The van der Waals surface area contributed by atoms with Gasteiger partial charge in [0.25, 0.3) is 0 Å². The lowest BCUT2D eigenvalue weighted by Crippen LogP contribution is -2.49. The number of amides is 1. The van der Waals surface area contributed by atoms with Crippen LogP contribution in [0.25, 0.3) is 0 Å². The van der Waals surface area contributed by atoms with Crippen LogP contribution in [0, 0.1) is 0 Å². The Kier molecular flexibility index (Phi) is 6.73. The van der Waals surface area contributed by atoms with Crippen LogP contribution in [0.1, 0.15) is 11.4 Å². The Morgan fingerprint density at radius 3 is 2.42 bits per heavy atom. The van der Waals surface area contributed by atoms with Crippen LogP contribution in [0.2, 0.25) is 0 Å². The number of piperazine rings is 1. The first-order chi connectivity index (χ1) is 15.2. The number of rotatable bonds is 8. The van der Waals surface area contributed by atoms with Gasteiger partial charge < -0.3 is 14.4 Å². The molecule has 162 valence electrons. The summed E-state index contributed by atoms with van der Waals surface area (Å²) >= 11 is 0. The summed E-state index contributed by atoms with van der Waals surface area (Å²) < 4.78 is 10.8. The number of methoxy groups -OCH3 is 1. The smallest absolute Gasteiger partial charge is 0.246 e. The van der Waals surface area contributed by atoms with Crippen LogP contribution in [-0.2, 0) is 24.5 Å². The Morgan fingerprint density at radius 1 is 0.968 bits per heavy atom. The summed E-state index contributed by atoms with van der Waals surface area (Å²) in [5.41, 5.74) is 1.23. The minimum absolute atomic E-state index is 0.00275. The minimum atomic E-state index is -0.00275. The van der Waals surface area contributed by atoms with Crippen molar-refractivity contribution in [2.24, 2.45) is 0 Å². The molecule has 0 atom stereocenters. The molecule has 9 nitrogen and oxygen atoms in total. The van der Waals surface area contributed by atoms with Gasteiger partial charge in [-0.2, -0.15) is 4.80 Å². The van der Waals surface area contributed by atoms with E-state index in [1.807, 2.05) is 47.4 Å². The number of ether oxygens (including phenoxy) is 2. The number of para-hydroxylation sites is 1. The van der Waals surface area contributed by atoms with E-state index in [1.54, 1.807) is 7.11 Å². The standard InChI is InChI=1S/C22H26N6O3/c1-30-19-9-7-18(8-10-19)15-26-11-13-27(14-12-26)22(29)16-28-24-21(23-25-28)17-31-20-5-3-2-4-6-20/h2-10H,11-17H2,1H3. The lowest BCUT2D eigenvalue weighted by Gasteiger charge is -2.34. The molecule has 2 heterocycles. The number of benzene rings is 2. The highest BCUT2D eigenvalue weighted by molar-refractivity contribution is 5.75. The van der Waals surface area contributed by atoms with Crippen LogP contribution in [-0.4, -0.2) is 69.2 Å². The molecule has 0 saturated carbocycles. The molecule has 3 aromatic rings. The molecular weight excluding hydrogens is 396 g/mol. The Bertz CT molecular complexity index is 968. The van der Waals surface area contributed by atoms with Crippen LogP contribution >= 0.6 is 0 Å². The molecule has 0 N–H and O–H groups in total. The van der Waals surface area contributed by atoms with Crippen molar-refractivity contribution in [2.45, 2.75) is 19.7 Å². The van der Waals surface area contributed by atoms with Gasteiger partial charge in [0.2, 0.25) is 11.7 Å². The molecule has 0 unspecified atom stereocenters. The monoisotopic (exact) mass is 422 g/mol. The van der Waals surface area contributed by atoms with Crippen LogP contribution in [0.15, 0.2) is 54.6 Å². The molecule has 31 heavy (non-hydrogen) atoms. The summed E-state index contributed by atoms with van der Waals surface area (Å²) in [5, 5.41) is 12.2. The van der Waals surface area contributed by atoms with Crippen molar-refractivity contribution in [2.75, 3.05) is 33.3 Å². The second-order valence-corrected chi connectivity index (χ2v) is 7.34. The molecule has 0 radical (unpaired) electrons. The third kappa shape index (κ3) is 5.79. The Labute approximate surface area is 181 Å². The molecule has 2 aromatic carbocycles. The summed E-state index contributed by atoms with van der Waals surface area (Å²) in [7, 11) is 1.67. The molecule has 1 saturated heterocycles. The van der Waals surface area contributed by atoms with Gasteiger partial charge in [-0.05, 0) is 35.0 Å². The van der Waals surface area contributed by atoms with Gasteiger partial charge in [0.1, 0.15) is 18.0 Å². The van der Waals surface area contributed by atoms with E-state index in [1.165, 1.54) is 10.4 Å². The van der Waals surface area contributed by atoms with E-state index in [9.17, 15) is 4.79 Å². The largest absolute Gasteiger partial charge is 0.497 e. The number of carbonyl (C=O) groups is 1. The first-order valence-electron chi connectivity index (χ1n) is 10.3. The lowest BCUT2D eigenvalue weighted by atomic mass is 10.2. The molecule has 1 aliphatic heterocycles. The minimum Gasteiger partial charge on any atom is -0.497 e. The van der Waals surface area contributed by atoms with Gasteiger partial charge >= 0.3 is 0 Å². The third-order valence-electron chi connectivity index (χ3n) is 5.17. The molecule has 0 aliphatic carbocycles. The summed E-state index contributed by atoms with van der Waals surface area (Å²) in [6.07, 6.45) is 0. The molecule has 0 bridgehead atoms. The first-order valence-corrected chi connectivity index (χ1v) is 10.3. The van der Waals surface area contributed by atoms with Gasteiger partial charge in [0.15, 0.2) is 6.61 Å². The molecule has 1 aliphatic rings. The average molecular weight is 422 g/mol. The predicted octanol–water partition coefficient (Wildman–Crippen LogP) is 1.61. The van der Waals surface area contributed by atoms with E-state index >= 15 is 0 Å². The topological polar surface area (TPSA) is 85.6 Å². The summed E-state index contributed by atoms with van der Waals surface area (Å²) in [6, 6.07) is 17.5. The maximum absolute atomic E-state index is 12.6. The van der Waals surface area contributed by atoms with Crippen molar-refractivity contribution in [1.82, 2.24) is 30.0 Å². The summed E-state index contributed by atoms with van der Waals surface area (Å²) in [4.78, 5) is 18.2. The zero-order valence-electron chi connectivity index (χ0n) is 17.6. The van der Waals surface area contributed by atoms with Crippen molar-refractivity contribution < 1.29 is 14.3 Å². The highest BCUT2D eigenvalue weighted by Crippen LogP contribution is 2.14. The molecular formula is C22H26N6O3. The zero-order chi connectivity index (χ0) is 21.5.